The van der Waals surface area contributed by atoms with Crippen LogP contribution in [0, 0.1) is 5.82 Å². The van der Waals surface area contributed by atoms with Gasteiger partial charge in [-0.05, 0) is 18.2 Å². The van der Waals surface area contributed by atoms with Crippen LogP contribution in [0.25, 0.3) is 11.3 Å². The molecule has 6 nitrogen and oxygen atoms in total. The van der Waals surface area contributed by atoms with E-state index in [1.807, 2.05) is 0 Å². The van der Waals surface area contributed by atoms with Crippen molar-refractivity contribution < 1.29 is 13.9 Å². The van der Waals surface area contributed by atoms with Gasteiger partial charge in [-0.1, -0.05) is 23.2 Å². The third kappa shape index (κ3) is 5.51. The second-order valence-corrected chi connectivity index (χ2v) is 5.28. The zero-order valence-electron chi connectivity index (χ0n) is 13.3. The number of nitrogens with zero attached hydrogens (tertiary/aromatic N) is 4. The van der Waals surface area contributed by atoms with Crippen molar-refractivity contribution in [3.63, 3.8) is 0 Å². The number of hydrogen-bond donors (Lipinski definition) is 0. The summed E-state index contributed by atoms with van der Waals surface area (Å²) < 4.78 is 23.2. The first kappa shape index (κ1) is 18.8. The van der Waals surface area contributed by atoms with Gasteiger partial charge in [0.2, 0.25) is 11.8 Å². The van der Waals surface area contributed by atoms with Gasteiger partial charge >= 0.3 is 0 Å². The summed E-state index contributed by atoms with van der Waals surface area (Å²) >= 11 is 11.3. The maximum absolute atomic E-state index is 13.5. The zero-order valence-corrected chi connectivity index (χ0v) is 14.8. The lowest BCUT2D eigenvalue weighted by Crippen LogP contribution is -1.92. The molecule has 0 aliphatic carbocycles. The standard InChI is InChI=1S/C11H8ClFN2O.C5H5ClN2O/c1-16-11-5-10(14-6-15-11)8-4-7(12)2-3-9(8)13;1-9-5-2-4(6)7-3-8-5/h2-6H,1H3;2-3H,1H3. The van der Waals surface area contributed by atoms with Gasteiger partial charge in [-0.2, -0.15) is 0 Å². The Morgan fingerprint density at radius 1 is 0.840 bits per heavy atom. The van der Waals surface area contributed by atoms with Crippen LogP contribution in [-0.2, 0) is 0 Å². The first-order valence-corrected chi connectivity index (χ1v) is 7.62. The highest BCUT2D eigenvalue weighted by atomic mass is 35.5. The van der Waals surface area contributed by atoms with Gasteiger partial charge < -0.3 is 9.47 Å². The fourth-order valence-electron chi connectivity index (χ4n) is 1.72. The first-order valence-electron chi connectivity index (χ1n) is 6.86. The van der Waals surface area contributed by atoms with Crippen molar-refractivity contribution in [2.75, 3.05) is 14.2 Å². The molecule has 0 fully saturated rings. The Labute approximate surface area is 153 Å². The van der Waals surface area contributed by atoms with Gasteiger partial charge in [0, 0.05) is 22.7 Å². The molecule has 0 unspecified atom stereocenters. The normalized spacial score (nSPS) is 9.80. The SMILES string of the molecule is COc1cc(-c2cc(Cl)ccc2F)ncn1.COc1cc(Cl)ncn1. The molecule has 1 aromatic carbocycles. The van der Waals surface area contributed by atoms with Crippen LogP contribution in [0.3, 0.4) is 0 Å². The van der Waals surface area contributed by atoms with E-state index in [0.29, 0.717) is 33.2 Å². The minimum absolute atomic E-state index is 0.327. The van der Waals surface area contributed by atoms with Crippen molar-refractivity contribution >= 4 is 23.2 Å². The molecular weight excluding hydrogens is 370 g/mol. The quantitative estimate of drug-likeness (QED) is 0.635. The molecule has 2 heterocycles. The third-order valence-corrected chi connectivity index (χ3v) is 3.32. The highest BCUT2D eigenvalue weighted by molar-refractivity contribution is 6.30. The van der Waals surface area contributed by atoms with Crippen LogP contribution in [0.4, 0.5) is 4.39 Å². The molecule has 0 saturated heterocycles. The molecule has 130 valence electrons. The van der Waals surface area contributed by atoms with Crippen molar-refractivity contribution in [1.29, 1.82) is 0 Å². The van der Waals surface area contributed by atoms with Crippen LogP contribution in [0.1, 0.15) is 0 Å². The Bertz CT molecular complexity index is 852. The maximum Gasteiger partial charge on any atom is 0.217 e. The topological polar surface area (TPSA) is 70.0 Å². The average Bonchev–Trinajstić information content (AvgIpc) is 2.64. The lowest BCUT2D eigenvalue weighted by Gasteiger charge is -2.04. The Balaban J connectivity index is 0.000000212. The number of hydrogen-bond acceptors (Lipinski definition) is 6. The van der Waals surface area contributed by atoms with E-state index in [-0.39, 0.29) is 5.82 Å². The van der Waals surface area contributed by atoms with Crippen LogP contribution < -0.4 is 9.47 Å². The smallest absolute Gasteiger partial charge is 0.217 e. The molecule has 0 bridgehead atoms. The van der Waals surface area contributed by atoms with Gasteiger partial charge in [-0.3, -0.25) is 0 Å². The summed E-state index contributed by atoms with van der Waals surface area (Å²) in [5.74, 6) is 0.476. The van der Waals surface area contributed by atoms with Crippen molar-refractivity contribution in [2.45, 2.75) is 0 Å². The number of benzene rings is 1. The second-order valence-electron chi connectivity index (χ2n) is 4.45. The number of ether oxygens (including phenoxy) is 2. The fourth-order valence-corrected chi connectivity index (χ4v) is 2.03. The average molecular weight is 383 g/mol. The summed E-state index contributed by atoms with van der Waals surface area (Å²) in [4.78, 5) is 15.2. The summed E-state index contributed by atoms with van der Waals surface area (Å²) in [5, 5.41) is 0.843. The number of halogens is 3. The van der Waals surface area contributed by atoms with Crippen LogP contribution in [-0.4, -0.2) is 34.2 Å². The molecule has 0 atom stereocenters. The molecule has 0 N–H and O–H groups in total. The third-order valence-electron chi connectivity index (χ3n) is 2.87. The highest BCUT2D eigenvalue weighted by Crippen LogP contribution is 2.25. The lowest BCUT2D eigenvalue weighted by molar-refractivity contribution is 0.396. The largest absolute Gasteiger partial charge is 0.481 e. The zero-order chi connectivity index (χ0) is 18.2. The van der Waals surface area contributed by atoms with Crippen molar-refractivity contribution in [3.05, 3.63) is 59.0 Å². The first-order chi connectivity index (χ1) is 12.0. The van der Waals surface area contributed by atoms with Gasteiger partial charge in [0.1, 0.15) is 23.6 Å². The minimum atomic E-state index is -0.384. The van der Waals surface area contributed by atoms with Gasteiger partial charge in [-0.15, -0.1) is 0 Å². The van der Waals surface area contributed by atoms with E-state index in [0.717, 1.165) is 0 Å². The number of methoxy groups -OCH3 is 2. The van der Waals surface area contributed by atoms with Crippen LogP contribution in [0.2, 0.25) is 10.2 Å². The molecule has 9 heteroatoms. The molecule has 3 rings (SSSR count). The van der Waals surface area contributed by atoms with Gasteiger partial charge in [0.25, 0.3) is 0 Å². The molecule has 2 aromatic heterocycles. The maximum atomic E-state index is 13.5. The summed E-state index contributed by atoms with van der Waals surface area (Å²) in [6.45, 7) is 0. The molecule has 0 spiro atoms. The molecule has 3 aromatic rings. The number of rotatable bonds is 3. The molecule has 0 radical (unpaired) electrons. The van der Waals surface area contributed by atoms with Crippen LogP contribution in [0.5, 0.6) is 11.8 Å². The molecule has 25 heavy (non-hydrogen) atoms. The van der Waals surface area contributed by atoms with E-state index in [1.54, 1.807) is 12.1 Å². The Hall–Kier alpha value is -2.51. The van der Waals surface area contributed by atoms with E-state index in [9.17, 15) is 4.39 Å². The number of aromatic nitrogens is 4. The Morgan fingerprint density at radius 3 is 2.08 bits per heavy atom. The summed E-state index contributed by atoms with van der Waals surface area (Å²) in [5.41, 5.74) is 0.764. The lowest BCUT2D eigenvalue weighted by atomic mass is 10.1. The monoisotopic (exact) mass is 382 g/mol. The van der Waals surface area contributed by atoms with Crippen LogP contribution >= 0.6 is 23.2 Å². The van der Waals surface area contributed by atoms with Crippen molar-refractivity contribution in [2.24, 2.45) is 0 Å². The fraction of sp³-hybridized carbons (Fsp3) is 0.125. The molecule has 0 amide bonds. The van der Waals surface area contributed by atoms with Gasteiger partial charge in [0.15, 0.2) is 0 Å². The second kappa shape index (κ2) is 9.10. The molecule has 0 saturated carbocycles. The molecule has 0 aliphatic rings. The molecule has 0 aliphatic heterocycles. The van der Waals surface area contributed by atoms with Gasteiger partial charge in [0.05, 0.1) is 19.9 Å². The van der Waals surface area contributed by atoms with Crippen LogP contribution in [0.15, 0.2) is 43.0 Å². The summed E-state index contributed by atoms with van der Waals surface area (Å²) in [6, 6.07) is 7.39. The molecular formula is C16H13Cl2FN4O2. The summed E-state index contributed by atoms with van der Waals surface area (Å²) in [7, 11) is 3.01. The predicted octanol–water partition coefficient (Wildman–Crippen LogP) is 4.08. The van der Waals surface area contributed by atoms with E-state index in [4.69, 9.17) is 32.7 Å². The van der Waals surface area contributed by atoms with Crippen molar-refractivity contribution in [3.8, 4) is 23.0 Å². The van der Waals surface area contributed by atoms with E-state index in [2.05, 4.69) is 19.9 Å². The van der Waals surface area contributed by atoms with E-state index >= 15 is 0 Å². The van der Waals surface area contributed by atoms with E-state index < -0.39 is 0 Å². The summed E-state index contributed by atoms with van der Waals surface area (Å²) in [6.07, 6.45) is 2.66. The highest BCUT2D eigenvalue weighted by Gasteiger charge is 2.08. The minimum Gasteiger partial charge on any atom is -0.481 e. The Kier molecular flexibility index (Phi) is 6.85. The predicted molar refractivity (Wildman–Crippen MR) is 92.6 cm³/mol. The van der Waals surface area contributed by atoms with Crippen molar-refractivity contribution in [1.82, 2.24) is 19.9 Å². The van der Waals surface area contributed by atoms with Gasteiger partial charge in [-0.25, -0.2) is 24.3 Å². The van der Waals surface area contributed by atoms with E-state index in [1.165, 1.54) is 45.1 Å². The Morgan fingerprint density at radius 2 is 1.48 bits per heavy atom.